The van der Waals surface area contributed by atoms with E-state index in [1.54, 1.807) is 36.4 Å². The summed E-state index contributed by atoms with van der Waals surface area (Å²) >= 11 is 11.8. The normalized spacial score (nSPS) is 11.5. The van der Waals surface area contributed by atoms with Crippen molar-refractivity contribution in [2.75, 3.05) is 0 Å². The Labute approximate surface area is 429 Å². The zero-order valence-electron chi connectivity index (χ0n) is 44.9. The van der Waals surface area contributed by atoms with Crippen LogP contribution in [-0.2, 0) is 32.5 Å². The van der Waals surface area contributed by atoms with Gasteiger partial charge >= 0.3 is 0 Å². The number of hydrogen-bond acceptors (Lipinski definition) is 4. The fourth-order valence-electron chi connectivity index (χ4n) is 6.39. The minimum Gasteiger partial charge on any atom is -0.258 e. The van der Waals surface area contributed by atoms with Gasteiger partial charge in [0, 0.05) is 33.8 Å². The SMILES string of the molecule is CC(C)(C)c1ccc(Cl)cc1.CC(C)(C)c1ccc(F)cc1.CC(C)(C)c1cccc([N+](=O)[O-])c1.CC(C)(C)c1ccccc1Cl.CC(C)(C)c1ccccc1F.CC(C)(C)c1ccccc1[N+](=O)[O-]. The summed E-state index contributed by atoms with van der Waals surface area (Å²) in [5.74, 6) is -0.280. The Kier molecular flexibility index (Phi) is 23.9. The number of non-ortho nitro benzene ring substituents is 1. The Morgan fingerprint density at radius 3 is 1.11 bits per heavy atom. The third-order valence-electron chi connectivity index (χ3n) is 10.6. The van der Waals surface area contributed by atoms with Crippen LogP contribution in [-0.4, -0.2) is 9.85 Å². The van der Waals surface area contributed by atoms with Gasteiger partial charge in [0.25, 0.3) is 11.4 Å². The molecule has 10 heteroatoms. The standard InChI is InChI=1S/2C10H13Cl.2C10H13F.2C10H13NO2/c1-10(2,3)8-4-6-9(11)7-5-8;1-10(2,3)8-6-4-5-7-9(8)11;1-10(2,3)8-4-6-9(11)7-5-8;1-10(2,3)8-6-4-5-7-9(8)11;1-10(2,3)8-5-4-6-9(7-8)11(12)13;1-10(2,3)8-6-4-5-7-9(8)11(12)13/h4*4-7H,1-3H3;2*4-7H,1-3H3. The van der Waals surface area contributed by atoms with Crippen LogP contribution < -0.4 is 0 Å². The number of nitro groups is 2. The summed E-state index contributed by atoms with van der Waals surface area (Å²) in [5, 5.41) is 22.8. The van der Waals surface area contributed by atoms with Crippen LogP contribution in [0.5, 0.6) is 0 Å². The molecular formula is C60H78Cl2F2N2O4. The highest BCUT2D eigenvalue weighted by Crippen LogP contribution is 2.31. The maximum atomic E-state index is 13.1. The van der Waals surface area contributed by atoms with E-state index in [2.05, 4.69) is 80.5 Å². The van der Waals surface area contributed by atoms with Crippen molar-refractivity contribution in [2.45, 2.75) is 157 Å². The smallest absolute Gasteiger partial charge is 0.258 e. The van der Waals surface area contributed by atoms with Gasteiger partial charge in [-0.3, -0.25) is 20.2 Å². The molecule has 0 saturated heterocycles. The number of nitrogens with zero attached hydrogens (tertiary/aromatic N) is 2. The highest BCUT2D eigenvalue weighted by Gasteiger charge is 2.24. The summed E-state index contributed by atoms with van der Waals surface area (Å²) in [7, 11) is 0. The van der Waals surface area contributed by atoms with Crippen LogP contribution in [0.3, 0.4) is 0 Å². The molecule has 0 saturated carbocycles. The van der Waals surface area contributed by atoms with Crippen molar-refractivity contribution in [2.24, 2.45) is 0 Å². The lowest BCUT2D eigenvalue weighted by Crippen LogP contribution is -2.13. The largest absolute Gasteiger partial charge is 0.273 e. The molecule has 0 amide bonds. The van der Waals surface area contributed by atoms with E-state index in [9.17, 15) is 29.0 Å². The van der Waals surface area contributed by atoms with Crippen LogP contribution in [0.4, 0.5) is 20.2 Å². The lowest BCUT2D eigenvalue weighted by atomic mass is 9.86. The highest BCUT2D eigenvalue weighted by molar-refractivity contribution is 6.31. The molecule has 0 unspecified atom stereocenters. The third kappa shape index (κ3) is 23.0. The van der Waals surface area contributed by atoms with Gasteiger partial charge in [0.2, 0.25) is 0 Å². The Morgan fingerprint density at radius 1 is 0.386 bits per heavy atom. The monoisotopic (exact) mass is 999 g/mol. The fourth-order valence-corrected chi connectivity index (χ4v) is 6.94. The molecular weight excluding hydrogens is 922 g/mol. The van der Waals surface area contributed by atoms with E-state index in [-0.39, 0.29) is 65.3 Å². The summed E-state index contributed by atoms with van der Waals surface area (Å²) in [6.07, 6.45) is 0. The molecule has 6 aromatic carbocycles. The molecule has 0 aliphatic carbocycles. The molecule has 0 aliphatic rings. The van der Waals surface area contributed by atoms with Gasteiger partial charge in [-0.1, -0.05) is 239 Å². The number of rotatable bonds is 2. The van der Waals surface area contributed by atoms with Gasteiger partial charge in [0.15, 0.2) is 0 Å². The molecule has 0 fully saturated rings. The van der Waals surface area contributed by atoms with E-state index in [4.69, 9.17) is 23.2 Å². The zero-order chi connectivity index (χ0) is 54.1. The Balaban J connectivity index is 0.000000421. The zero-order valence-corrected chi connectivity index (χ0v) is 46.4. The average Bonchev–Trinajstić information content (AvgIpc) is 3.23. The number of hydrogen-bond donors (Lipinski definition) is 0. The maximum absolute atomic E-state index is 13.1. The van der Waals surface area contributed by atoms with Crippen molar-refractivity contribution < 1.29 is 18.6 Å². The number of para-hydroxylation sites is 1. The summed E-state index contributed by atoms with van der Waals surface area (Å²) in [6.45, 7) is 37.4. The first-order chi connectivity index (χ1) is 31.9. The van der Waals surface area contributed by atoms with Gasteiger partial charge in [0.05, 0.1) is 9.85 Å². The molecule has 6 nitrogen and oxygen atoms in total. The first-order valence-electron chi connectivity index (χ1n) is 23.4. The van der Waals surface area contributed by atoms with E-state index in [1.807, 2.05) is 129 Å². The van der Waals surface area contributed by atoms with Gasteiger partial charge in [-0.05, 0) is 96.7 Å². The summed E-state index contributed by atoms with van der Waals surface area (Å²) in [4.78, 5) is 20.5. The number of halogens is 4. The molecule has 6 aromatic rings. The van der Waals surface area contributed by atoms with Crippen molar-refractivity contribution in [3.63, 3.8) is 0 Å². The van der Waals surface area contributed by atoms with Crippen molar-refractivity contribution in [3.05, 3.63) is 221 Å². The Bertz CT molecular complexity index is 2420. The van der Waals surface area contributed by atoms with Crippen LogP contribution in [0, 0.1) is 31.9 Å². The summed E-state index contributed by atoms with van der Waals surface area (Å²) in [6, 6.07) is 43.2. The second-order valence-corrected chi connectivity index (χ2v) is 23.9. The molecule has 0 aromatic heterocycles. The molecule has 70 heavy (non-hydrogen) atoms. The molecule has 0 aliphatic heterocycles. The van der Waals surface area contributed by atoms with Crippen LogP contribution in [0.15, 0.2) is 146 Å². The van der Waals surface area contributed by atoms with E-state index < -0.39 is 0 Å². The molecule has 6 rings (SSSR count). The third-order valence-corrected chi connectivity index (χ3v) is 11.2. The van der Waals surface area contributed by atoms with Crippen molar-refractivity contribution in [3.8, 4) is 0 Å². The number of benzene rings is 6. The van der Waals surface area contributed by atoms with Gasteiger partial charge in [-0.2, -0.15) is 0 Å². The first-order valence-corrected chi connectivity index (χ1v) is 24.1. The maximum Gasteiger partial charge on any atom is 0.273 e. The molecule has 380 valence electrons. The van der Waals surface area contributed by atoms with Crippen LogP contribution in [0.1, 0.15) is 158 Å². The van der Waals surface area contributed by atoms with Crippen LogP contribution >= 0.6 is 23.2 Å². The minimum absolute atomic E-state index is 0.0357. The highest BCUT2D eigenvalue weighted by atomic mass is 35.5. The second-order valence-electron chi connectivity index (χ2n) is 23.1. The molecule has 0 N–H and O–H groups in total. The quantitative estimate of drug-likeness (QED) is 0.128. The van der Waals surface area contributed by atoms with E-state index in [0.29, 0.717) is 0 Å². The topological polar surface area (TPSA) is 86.3 Å². The molecule has 0 radical (unpaired) electrons. The lowest BCUT2D eigenvalue weighted by Gasteiger charge is -2.19. The molecule has 0 atom stereocenters. The van der Waals surface area contributed by atoms with Crippen LogP contribution in [0.25, 0.3) is 0 Å². The fraction of sp³-hybridized carbons (Fsp3) is 0.400. The molecule has 0 bridgehead atoms. The average molecular weight is 1000 g/mol. The molecule has 0 heterocycles. The predicted molar refractivity (Wildman–Crippen MR) is 294 cm³/mol. The minimum atomic E-state index is -0.366. The van der Waals surface area contributed by atoms with Crippen LogP contribution in [0.2, 0.25) is 10.0 Å². The first kappa shape index (κ1) is 62.6. The molecule has 0 spiro atoms. The Morgan fingerprint density at radius 2 is 0.771 bits per heavy atom. The van der Waals surface area contributed by atoms with Gasteiger partial charge in [-0.15, -0.1) is 0 Å². The van der Waals surface area contributed by atoms with Gasteiger partial charge in [-0.25, -0.2) is 8.78 Å². The van der Waals surface area contributed by atoms with E-state index in [0.717, 1.165) is 26.7 Å². The van der Waals surface area contributed by atoms with Gasteiger partial charge < -0.3 is 0 Å². The van der Waals surface area contributed by atoms with E-state index in [1.165, 1.54) is 41.0 Å². The second kappa shape index (κ2) is 26.7. The van der Waals surface area contributed by atoms with Crippen molar-refractivity contribution in [1.29, 1.82) is 0 Å². The summed E-state index contributed by atoms with van der Waals surface area (Å²) in [5.41, 5.74) is 6.80. The Hall–Kier alpha value is -5.44. The van der Waals surface area contributed by atoms with Crippen molar-refractivity contribution >= 4 is 34.6 Å². The van der Waals surface area contributed by atoms with Crippen molar-refractivity contribution in [1.82, 2.24) is 0 Å². The van der Waals surface area contributed by atoms with E-state index >= 15 is 0 Å². The summed E-state index contributed by atoms with van der Waals surface area (Å²) < 4.78 is 25.6. The van der Waals surface area contributed by atoms with Gasteiger partial charge in [0.1, 0.15) is 11.6 Å². The lowest BCUT2D eigenvalue weighted by molar-refractivity contribution is -0.386. The predicted octanol–water partition coefficient (Wildman–Crippen LogP) is 19.3. The number of nitro benzene ring substituents is 2.